The molecular weight excluding hydrogens is 190 g/mol. The highest BCUT2D eigenvalue weighted by molar-refractivity contribution is 5.77. The van der Waals surface area contributed by atoms with E-state index in [1.807, 2.05) is 24.3 Å². The van der Waals surface area contributed by atoms with Gasteiger partial charge in [0.05, 0.1) is 7.11 Å². The van der Waals surface area contributed by atoms with Crippen molar-refractivity contribution < 1.29 is 4.74 Å². The molecule has 0 unspecified atom stereocenters. The van der Waals surface area contributed by atoms with E-state index in [2.05, 4.69) is 9.97 Å². The molecule has 1 aromatic carbocycles. The third-order valence-corrected chi connectivity index (χ3v) is 2.14. The van der Waals surface area contributed by atoms with Gasteiger partial charge in [0, 0.05) is 17.3 Å². The zero-order chi connectivity index (χ0) is 10.7. The average Bonchev–Trinajstić information content (AvgIpc) is 2.30. The molecule has 0 spiro atoms. The number of methoxy groups -OCH3 is 1. The van der Waals surface area contributed by atoms with E-state index in [0.29, 0.717) is 5.82 Å². The molecule has 0 aliphatic rings. The Bertz CT molecular complexity index is 471. The van der Waals surface area contributed by atoms with Gasteiger partial charge in [0.2, 0.25) is 0 Å². The van der Waals surface area contributed by atoms with Crippen molar-refractivity contribution in [3.05, 3.63) is 36.8 Å². The summed E-state index contributed by atoms with van der Waals surface area (Å²) in [6, 6.07) is 7.63. The fourth-order valence-electron chi connectivity index (χ4n) is 1.41. The van der Waals surface area contributed by atoms with Gasteiger partial charge in [0.25, 0.3) is 0 Å². The summed E-state index contributed by atoms with van der Waals surface area (Å²) >= 11 is 0. The van der Waals surface area contributed by atoms with E-state index in [9.17, 15) is 0 Å². The lowest BCUT2D eigenvalue weighted by molar-refractivity contribution is 0.416. The minimum atomic E-state index is 0.453. The first-order valence-electron chi connectivity index (χ1n) is 4.52. The van der Waals surface area contributed by atoms with E-state index in [-0.39, 0.29) is 0 Å². The van der Waals surface area contributed by atoms with Crippen LogP contribution in [0.2, 0.25) is 0 Å². The highest BCUT2D eigenvalue weighted by atomic mass is 16.5. The summed E-state index contributed by atoms with van der Waals surface area (Å²) in [5.74, 6) is 1.22. The van der Waals surface area contributed by atoms with E-state index in [4.69, 9.17) is 10.5 Å². The van der Waals surface area contributed by atoms with Gasteiger partial charge in [-0.1, -0.05) is 18.2 Å². The molecule has 4 nitrogen and oxygen atoms in total. The predicted molar refractivity (Wildman–Crippen MR) is 58.4 cm³/mol. The molecule has 0 aliphatic heterocycles. The Morgan fingerprint density at radius 2 is 2.00 bits per heavy atom. The maximum absolute atomic E-state index is 5.77. The number of hydrogen-bond acceptors (Lipinski definition) is 4. The highest BCUT2D eigenvalue weighted by Crippen LogP contribution is 2.31. The Hall–Kier alpha value is -2.10. The maximum atomic E-state index is 5.77. The van der Waals surface area contributed by atoms with Crippen LogP contribution in [0, 0.1) is 0 Å². The smallest absolute Gasteiger partial charge is 0.134 e. The zero-order valence-corrected chi connectivity index (χ0v) is 8.34. The van der Waals surface area contributed by atoms with Crippen molar-refractivity contribution in [2.75, 3.05) is 12.8 Å². The first kappa shape index (κ1) is 9.45. The number of para-hydroxylation sites is 1. The molecule has 0 amide bonds. The van der Waals surface area contributed by atoms with Gasteiger partial charge in [-0.3, -0.25) is 0 Å². The van der Waals surface area contributed by atoms with Crippen molar-refractivity contribution in [1.29, 1.82) is 0 Å². The van der Waals surface area contributed by atoms with Crippen LogP contribution in [0.3, 0.4) is 0 Å². The van der Waals surface area contributed by atoms with E-state index in [1.165, 1.54) is 6.33 Å². The highest BCUT2D eigenvalue weighted by Gasteiger charge is 2.08. The molecule has 2 aromatic rings. The number of ether oxygens (including phenoxy) is 1. The molecule has 0 radical (unpaired) electrons. The Kier molecular flexibility index (Phi) is 2.49. The summed E-state index contributed by atoms with van der Waals surface area (Å²) in [7, 11) is 1.62. The number of rotatable bonds is 2. The molecule has 4 heteroatoms. The van der Waals surface area contributed by atoms with Crippen LogP contribution in [0.25, 0.3) is 11.1 Å². The van der Waals surface area contributed by atoms with Gasteiger partial charge in [0.1, 0.15) is 17.9 Å². The predicted octanol–water partition coefficient (Wildman–Crippen LogP) is 1.73. The topological polar surface area (TPSA) is 61.0 Å². The fraction of sp³-hybridized carbons (Fsp3) is 0.0909. The Balaban J connectivity index is 2.59. The molecule has 15 heavy (non-hydrogen) atoms. The van der Waals surface area contributed by atoms with Gasteiger partial charge in [0.15, 0.2) is 0 Å². The molecule has 1 aromatic heterocycles. The normalized spacial score (nSPS) is 9.93. The van der Waals surface area contributed by atoms with Crippen LogP contribution in [-0.2, 0) is 0 Å². The van der Waals surface area contributed by atoms with Crippen molar-refractivity contribution in [1.82, 2.24) is 9.97 Å². The number of anilines is 1. The van der Waals surface area contributed by atoms with Crippen LogP contribution < -0.4 is 10.5 Å². The van der Waals surface area contributed by atoms with Crippen LogP contribution in [0.1, 0.15) is 0 Å². The molecule has 0 atom stereocenters. The van der Waals surface area contributed by atoms with Crippen molar-refractivity contribution in [3.63, 3.8) is 0 Å². The summed E-state index contributed by atoms with van der Waals surface area (Å²) in [5, 5.41) is 0. The fourth-order valence-corrected chi connectivity index (χ4v) is 1.41. The van der Waals surface area contributed by atoms with Gasteiger partial charge in [-0.15, -0.1) is 0 Å². The third-order valence-electron chi connectivity index (χ3n) is 2.14. The summed E-state index contributed by atoms with van der Waals surface area (Å²) in [6.07, 6.45) is 3.11. The quantitative estimate of drug-likeness (QED) is 0.803. The van der Waals surface area contributed by atoms with E-state index >= 15 is 0 Å². The lowest BCUT2D eigenvalue weighted by Gasteiger charge is -2.08. The molecule has 0 aliphatic carbocycles. The standard InChI is InChI=1S/C11H11N3O/c1-15-10-5-3-2-4-8(10)9-6-13-7-14-11(9)12/h2-7H,1H3,(H2,12,13,14). The number of nitrogen functional groups attached to an aromatic ring is 1. The van der Waals surface area contributed by atoms with Gasteiger partial charge in [-0.2, -0.15) is 0 Å². The van der Waals surface area contributed by atoms with E-state index in [0.717, 1.165) is 16.9 Å². The molecule has 1 heterocycles. The monoisotopic (exact) mass is 201 g/mol. The number of benzene rings is 1. The lowest BCUT2D eigenvalue weighted by atomic mass is 10.1. The van der Waals surface area contributed by atoms with Crippen molar-refractivity contribution in [2.45, 2.75) is 0 Å². The maximum Gasteiger partial charge on any atom is 0.134 e. The minimum Gasteiger partial charge on any atom is -0.496 e. The van der Waals surface area contributed by atoms with Gasteiger partial charge < -0.3 is 10.5 Å². The second-order valence-corrected chi connectivity index (χ2v) is 3.02. The van der Waals surface area contributed by atoms with Gasteiger partial charge in [-0.25, -0.2) is 9.97 Å². The Morgan fingerprint density at radius 1 is 1.20 bits per heavy atom. The minimum absolute atomic E-state index is 0.453. The summed E-state index contributed by atoms with van der Waals surface area (Å²) < 4.78 is 5.24. The van der Waals surface area contributed by atoms with E-state index in [1.54, 1.807) is 13.3 Å². The van der Waals surface area contributed by atoms with Crippen LogP contribution in [0.15, 0.2) is 36.8 Å². The molecular formula is C11H11N3O. The average molecular weight is 201 g/mol. The Morgan fingerprint density at radius 3 is 2.73 bits per heavy atom. The molecule has 0 fully saturated rings. The van der Waals surface area contributed by atoms with Crippen LogP contribution in [0.5, 0.6) is 5.75 Å². The Labute approximate surface area is 87.7 Å². The molecule has 76 valence electrons. The number of aromatic nitrogens is 2. The van der Waals surface area contributed by atoms with Crippen LogP contribution in [0.4, 0.5) is 5.82 Å². The molecule has 2 N–H and O–H groups in total. The van der Waals surface area contributed by atoms with E-state index < -0.39 is 0 Å². The third kappa shape index (κ3) is 1.74. The van der Waals surface area contributed by atoms with Crippen LogP contribution in [-0.4, -0.2) is 17.1 Å². The number of hydrogen-bond donors (Lipinski definition) is 1. The number of nitrogens with two attached hydrogens (primary N) is 1. The van der Waals surface area contributed by atoms with Crippen molar-refractivity contribution in [2.24, 2.45) is 0 Å². The number of nitrogens with zero attached hydrogens (tertiary/aromatic N) is 2. The second kappa shape index (κ2) is 3.96. The van der Waals surface area contributed by atoms with Gasteiger partial charge in [-0.05, 0) is 6.07 Å². The second-order valence-electron chi connectivity index (χ2n) is 3.02. The zero-order valence-electron chi connectivity index (χ0n) is 8.34. The SMILES string of the molecule is COc1ccccc1-c1cncnc1N. The first-order valence-corrected chi connectivity index (χ1v) is 4.52. The van der Waals surface area contributed by atoms with Crippen molar-refractivity contribution in [3.8, 4) is 16.9 Å². The molecule has 0 saturated carbocycles. The van der Waals surface area contributed by atoms with Crippen LogP contribution >= 0.6 is 0 Å². The lowest BCUT2D eigenvalue weighted by Crippen LogP contribution is -1.96. The largest absolute Gasteiger partial charge is 0.496 e. The molecule has 2 rings (SSSR count). The summed E-state index contributed by atoms with van der Waals surface area (Å²) in [5.41, 5.74) is 7.46. The summed E-state index contributed by atoms with van der Waals surface area (Å²) in [6.45, 7) is 0. The van der Waals surface area contributed by atoms with Gasteiger partial charge >= 0.3 is 0 Å². The molecule has 0 saturated heterocycles. The van der Waals surface area contributed by atoms with Crippen molar-refractivity contribution >= 4 is 5.82 Å². The molecule has 0 bridgehead atoms. The summed E-state index contributed by atoms with van der Waals surface area (Å²) in [4.78, 5) is 7.89. The first-order chi connectivity index (χ1) is 7.33.